The second-order valence-corrected chi connectivity index (χ2v) is 7.98. The zero-order valence-electron chi connectivity index (χ0n) is 13.4. The van der Waals surface area contributed by atoms with E-state index in [1.807, 2.05) is 0 Å². The predicted molar refractivity (Wildman–Crippen MR) is 93.6 cm³/mol. The van der Waals surface area contributed by atoms with Gasteiger partial charge >= 0.3 is 0 Å². The molecule has 0 aromatic heterocycles. The summed E-state index contributed by atoms with van der Waals surface area (Å²) < 4.78 is 51.8. The molecule has 0 aliphatic heterocycles. The van der Waals surface area contributed by atoms with Crippen molar-refractivity contribution >= 4 is 33.4 Å². The number of nitrogens with zero attached hydrogens (tertiary/aromatic N) is 1. The second-order valence-electron chi connectivity index (χ2n) is 5.24. The molecule has 2 aromatic rings. The zero-order chi connectivity index (χ0) is 18.6. The van der Waals surface area contributed by atoms with E-state index in [4.69, 9.17) is 0 Å². The summed E-state index contributed by atoms with van der Waals surface area (Å²) in [6, 6.07) is 11.3. The Kier molecular flexibility index (Phi) is 6.02. The van der Waals surface area contributed by atoms with Crippen molar-refractivity contribution in [2.75, 3.05) is 18.8 Å². The Morgan fingerprint density at radius 3 is 2.32 bits per heavy atom. The predicted octanol–water partition coefficient (Wildman–Crippen LogP) is 3.50. The number of alkyl halides is 2. The summed E-state index contributed by atoms with van der Waals surface area (Å²) >= 11 is 0.377. The molecular formula is C16H16F2N2O3S2. The third kappa shape index (κ3) is 5.17. The fourth-order valence-corrected chi connectivity index (χ4v) is 3.58. The molecule has 2 aromatic carbocycles. The van der Waals surface area contributed by atoms with Crippen molar-refractivity contribution in [1.82, 2.24) is 4.90 Å². The molecule has 0 spiro atoms. The maximum Gasteiger partial charge on any atom is 0.288 e. The number of carbonyl (C=O) groups is 1. The van der Waals surface area contributed by atoms with Crippen LogP contribution in [0.5, 0.6) is 0 Å². The van der Waals surface area contributed by atoms with Crippen LogP contribution in [0, 0.1) is 0 Å². The second kappa shape index (κ2) is 7.83. The molecule has 0 fully saturated rings. The van der Waals surface area contributed by atoms with E-state index in [1.165, 1.54) is 53.4 Å². The zero-order valence-corrected chi connectivity index (χ0v) is 15.1. The molecule has 0 radical (unpaired) electrons. The smallest absolute Gasteiger partial charge is 0.288 e. The molecule has 0 bridgehead atoms. The van der Waals surface area contributed by atoms with Gasteiger partial charge in [-0.15, -0.1) is 0 Å². The maximum atomic E-state index is 12.4. The van der Waals surface area contributed by atoms with Crippen LogP contribution < -0.4 is 4.72 Å². The Hall–Kier alpha value is -2.13. The Morgan fingerprint density at radius 1 is 1.12 bits per heavy atom. The summed E-state index contributed by atoms with van der Waals surface area (Å²) in [5.74, 6) is -2.86. The first-order valence-corrected chi connectivity index (χ1v) is 9.45. The van der Waals surface area contributed by atoms with Crippen molar-refractivity contribution < 1.29 is 22.0 Å². The number of sulfonamides is 1. The molecule has 25 heavy (non-hydrogen) atoms. The molecule has 5 nitrogen and oxygen atoms in total. The minimum Gasteiger partial charge on any atom is -0.345 e. The summed E-state index contributed by atoms with van der Waals surface area (Å²) in [6.07, 6.45) is 0. The summed E-state index contributed by atoms with van der Waals surface area (Å²) in [5.41, 5.74) is 0.486. The van der Waals surface area contributed by atoms with Crippen LogP contribution in [0.15, 0.2) is 58.3 Å². The van der Waals surface area contributed by atoms with E-state index in [0.29, 0.717) is 16.7 Å². The van der Waals surface area contributed by atoms with Crippen LogP contribution in [0.2, 0.25) is 0 Å². The van der Waals surface area contributed by atoms with Gasteiger partial charge in [-0.2, -0.15) is 8.78 Å². The Bertz CT molecular complexity index is 854. The number of thioether (sulfide) groups is 1. The lowest BCUT2D eigenvalue weighted by atomic mass is 10.2. The molecule has 9 heteroatoms. The van der Waals surface area contributed by atoms with Gasteiger partial charge < -0.3 is 4.90 Å². The lowest BCUT2D eigenvalue weighted by Crippen LogP contribution is -2.22. The number of hydrogen-bond donors (Lipinski definition) is 1. The van der Waals surface area contributed by atoms with E-state index in [1.54, 1.807) is 14.1 Å². The third-order valence-corrected chi connectivity index (χ3v) is 5.23. The summed E-state index contributed by atoms with van der Waals surface area (Å²) in [4.78, 5) is 13.6. The highest BCUT2D eigenvalue weighted by molar-refractivity contribution is 7.99. The van der Waals surface area contributed by atoms with Gasteiger partial charge in [-0.25, -0.2) is 8.42 Å². The van der Waals surface area contributed by atoms with E-state index in [9.17, 15) is 22.0 Å². The molecule has 0 aliphatic carbocycles. The Labute approximate surface area is 149 Å². The topological polar surface area (TPSA) is 66.5 Å². The molecule has 0 saturated carbocycles. The number of amides is 1. The van der Waals surface area contributed by atoms with Crippen LogP contribution in [0.3, 0.4) is 0 Å². The number of nitrogens with one attached hydrogen (secondary N) is 1. The van der Waals surface area contributed by atoms with Crippen molar-refractivity contribution in [3.8, 4) is 0 Å². The normalized spacial score (nSPS) is 11.4. The third-order valence-electron chi connectivity index (χ3n) is 3.13. The maximum absolute atomic E-state index is 12.4. The van der Waals surface area contributed by atoms with Crippen molar-refractivity contribution in [2.24, 2.45) is 0 Å². The fourth-order valence-electron chi connectivity index (χ4n) is 1.97. The SMILES string of the molecule is CN(C)C(=O)c1cccc(S(=O)(=O)Nc2ccc(SC(F)F)cc2)c1. The van der Waals surface area contributed by atoms with Crippen LogP contribution in [-0.2, 0) is 10.0 Å². The molecule has 134 valence electrons. The number of carbonyl (C=O) groups excluding carboxylic acids is 1. The van der Waals surface area contributed by atoms with Crippen molar-refractivity contribution in [3.63, 3.8) is 0 Å². The van der Waals surface area contributed by atoms with Gasteiger partial charge in [0.05, 0.1) is 4.90 Å². The molecule has 0 aliphatic rings. The van der Waals surface area contributed by atoms with Gasteiger partial charge in [0.2, 0.25) is 0 Å². The number of hydrogen-bond acceptors (Lipinski definition) is 4. The summed E-state index contributed by atoms with van der Waals surface area (Å²) in [7, 11) is -0.766. The number of anilines is 1. The van der Waals surface area contributed by atoms with Gasteiger partial charge in [0.1, 0.15) is 0 Å². The minimum atomic E-state index is -3.91. The number of halogens is 2. The van der Waals surface area contributed by atoms with Crippen molar-refractivity contribution in [2.45, 2.75) is 15.5 Å². The van der Waals surface area contributed by atoms with Crippen LogP contribution in [0.4, 0.5) is 14.5 Å². The largest absolute Gasteiger partial charge is 0.345 e. The van der Waals surface area contributed by atoms with Gasteiger partial charge in [-0.3, -0.25) is 9.52 Å². The first-order valence-electron chi connectivity index (χ1n) is 7.08. The molecule has 2 rings (SSSR count). The molecule has 1 amide bonds. The average Bonchev–Trinajstić information content (AvgIpc) is 2.55. The monoisotopic (exact) mass is 386 g/mol. The van der Waals surface area contributed by atoms with Gasteiger partial charge in [-0.1, -0.05) is 17.8 Å². The van der Waals surface area contributed by atoms with E-state index in [2.05, 4.69) is 4.72 Å². The molecule has 1 N–H and O–H groups in total. The molecular weight excluding hydrogens is 370 g/mol. The van der Waals surface area contributed by atoms with Gasteiger partial charge in [-0.05, 0) is 42.5 Å². The van der Waals surface area contributed by atoms with Gasteiger partial charge in [0.15, 0.2) is 0 Å². The average molecular weight is 386 g/mol. The fraction of sp³-hybridized carbons (Fsp3) is 0.188. The molecule has 0 atom stereocenters. The molecule has 0 saturated heterocycles. The molecule has 0 unspecified atom stereocenters. The summed E-state index contributed by atoms with van der Waals surface area (Å²) in [5, 5.41) is 0. The van der Waals surface area contributed by atoms with Crippen LogP contribution in [0.1, 0.15) is 10.4 Å². The van der Waals surface area contributed by atoms with Crippen molar-refractivity contribution in [3.05, 3.63) is 54.1 Å². The van der Waals surface area contributed by atoms with Gasteiger partial charge in [0.25, 0.3) is 21.7 Å². The highest BCUT2D eigenvalue weighted by Crippen LogP contribution is 2.27. The molecule has 0 heterocycles. The first-order chi connectivity index (χ1) is 11.7. The van der Waals surface area contributed by atoms with E-state index >= 15 is 0 Å². The quantitative estimate of drug-likeness (QED) is 0.772. The highest BCUT2D eigenvalue weighted by atomic mass is 32.2. The van der Waals surface area contributed by atoms with Crippen LogP contribution in [-0.4, -0.2) is 39.1 Å². The highest BCUT2D eigenvalue weighted by Gasteiger charge is 2.17. The van der Waals surface area contributed by atoms with Crippen molar-refractivity contribution in [1.29, 1.82) is 0 Å². The lowest BCUT2D eigenvalue weighted by molar-refractivity contribution is 0.0827. The van der Waals surface area contributed by atoms with E-state index < -0.39 is 15.8 Å². The van der Waals surface area contributed by atoms with Crippen LogP contribution >= 0.6 is 11.8 Å². The van der Waals surface area contributed by atoms with E-state index in [0.717, 1.165) is 0 Å². The standard InChI is InChI=1S/C16H16F2N2O3S2/c1-20(2)15(21)11-4-3-5-14(10-11)25(22,23)19-12-6-8-13(9-7-12)24-16(17)18/h3-10,16,19H,1-2H3. The first kappa shape index (κ1) is 19.2. The Morgan fingerprint density at radius 2 is 1.76 bits per heavy atom. The Balaban J connectivity index is 2.22. The number of rotatable bonds is 6. The van der Waals surface area contributed by atoms with E-state index in [-0.39, 0.29) is 22.1 Å². The minimum absolute atomic E-state index is 0.0637. The van der Waals surface area contributed by atoms with Gasteiger partial charge in [0, 0.05) is 30.2 Å². The number of benzene rings is 2. The summed E-state index contributed by atoms with van der Waals surface area (Å²) in [6.45, 7) is 0. The lowest BCUT2D eigenvalue weighted by Gasteiger charge is -2.12. The van der Waals surface area contributed by atoms with Crippen LogP contribution in [0.25, 0.3) is 0 Å².